The van der Waals surface area contributed by atoms with Crippen LogP contribution in [0.1, 0.15) is 27.2 Å². The van der Waals surface area contributed by atoms with E-state index < -0.39 is 0 Å². The van der Waals surface area contributed by atoms with Gasteiger partial charge >= 0.3 is 0 Å². The van der Waals surface area contributed by atoms with Gasteiger partial charge in [-0.2, -0.15) is 5.10 Å². The zero-order valence-electron chi connectivity index (χ0n) is 15.7. The van der Waals surface area contributed by atoms with Crippen LogP contribution in [0.2, 0.25) is 0 Å². The molecule has 0 saturated heterocycles. The van der Waals surface area contributed by atoms with Crippen molar-refractivity contribution in [2.45, 2.75) is 20.0 Å². The molecular weight excluding hydrogens is 343 g/mol. The van der Waals surface area contributed by atoms with Gasteiger partial charge in [-0.15, -0.1) is 0 Å². The first kappa shape index (κ1) is 18.8. The summed E-state index contributed by atoms with van der Waals surface area (Å²) in [5.41, 5.74) is 4.19. The predicted octanol–water partition coefficient (Wildman–Crippen LogP) is 3.31. The van der Waals surface area contributed by atoms with E-state index in [-0.39, 0.29) is 11.7 Å². The van der Waals surface area contributed by atoms with Gasteiger partial charge in [-0.1, -0.05) is 24.3 Å². The Labute approximate surface area is 158 Å². The number of amides is 1. The number of carbonyl (C=O) groups is 1. The van der Waals surface area contributed by atoms with Gasteiger partial charge in [0.05, 0.1) is 23.1 Å². The largest absolute Gasteiger partial charge is 0.348 e. The van der Waals surface area contributed by atoms with Gasteiger partial charge in [0.2, 0.25) is 0 Å². The van der Waals surface area contributed by atoms with Crippen LogP contribution in [-0.2, 0) is 13.1 Å². The lowest BCUT2D eigenvalue weighted by molar-refractivity contribution is 0.0950. The highest BCUT2D eigenvalue weighted by Crippen LogP contribution is 2.15. The maximum absolute atomic E-state index is 13.1. The van der Waals surface area contributed by atoms with Gasteiger partial charge in [0, 0.05) is 13.1 Å². The van der Waals surface area contributed by atoms with Crippen molar-refractivity contribution in [3.63, 3.8) is 0 Å². The number of benzene rings is 2. The van der Waals surface area contributed by atoms with E-state index in [4.69, 9.17) is 0 Å². The van der Waals surface area contributed by atoms with Crippen molar-refractivity contribution in [2.24, 2.45) is 0 Å². The molecule has 1 aromatic heterocycles. The van der Waals surface area contributed by atoms with Gasteiger partial charge in [-0.25, -0.2) is 9.07 Å². The van der Waals surface area contributed by atoms with Crippen LogP contribution >= 0.6 is 0 Å². The Hall–Kier alpha value is -2.99. The molecule has 2 aromatic carbocycles. The molecule has 27 heavy (non-hydrogen) atoms. The van der Waals surface area contributed by atoms with E-state index >= 15 is 0 Å². The smallest absolute Gasteiger partial charge is 0.255 e. The Morgan fingerprint density at radius 2 is 1.78 bits per heavy atom. The minimum atomic E-state index is -0.307. The average Bonchev–Trinajstić information content (AvgIpc) is 3.02. The van der Waals surface area contributed by atoms with Crippen molar-refractivity contribution in [1.29, 1.82) is 0 Å². The van der Waals surface area contributed by atoms with Crippen LogP contribution in [0, 0.1) is 12.7 Å². The summed E-state index contributed by atoms with van der Waals surface area (Å²) in [4.78, 5) is 14.7. The van der Waals surface area contributed by atoms with Crippen molar-refractivity contribution in [2.75, 3.05) is 14.1 Å². The maximum atomic E-state index is 13.1. The highest BCUT2D eigenvalue weighted by molar-refractivity contribution is 5.95. The number of hydrogen-bond donors (Lipinski definition) is 1. The molecule has 0 spiro atoms. The van der Waals surface area contributed by atoms with Crippen LogP contribution in [-0.4, -0.2) is 34.7 Å². The Bertz CT molecular complexity index is 932. The van der Waals surface area contributed by atoms with E-state index in [1.807, 2.05) is 39.2 Å². The third-order valence-electron chi connectivity index (χ3n) is 4.37. The minimum absolute atomic E-state index is 0.180. The maximum Gasteiger partial charge on any atom is 0.255 e. The number of halogens is 1. The van der Waals surface area contributed by atoms with Crippen molar-refractivity contribution < 1.29 is 9.18 Å². The van der Waals surface area contributed by atoms with E-state index in [1.165, 1.54) is 17.7 Å². The van der Waals surface area contributed by atoms with Gasteiger partial charge in [-0.3, -0.25) is 4.79 Å². The molecule has 3 rings (SSSR count). The Morgan fingerprint density at radius 3 is 2.44 bits per heavy atom. The molecule has 140 valence electrons. The molecule has 0 aliphatic carbocycles. The van der Waals surface area contributed by atoms with Crippen LogP contribution in [0.4, 0.5) is 4.39 Å². The molecule has 0 aliphatic rings. The minimum Gasteiger partial charge on any atom is -0.348 e. The lowest BCUT2D eigenvalue weighted by Gasteiger charge is -2.14. The van der Waals surface area contributed by atoms with E-state index in [0.29, 0.717) is 23.5 Å². The number of carbonyl (C=O) groups excluding carboxylic acids is 1. The summed E-state index contributed by atoms with van der Waals surface area (Å²) >= 11 is 0. The standard InChI is InChI=1S/C21H23FN4O/c1-15-20(13-24-26(15)19-10-8-18(22)9-11-19)21(27)23-12-16-6-4-5-7-17(16)14-25(2)3/h4-11,13H,12,14H2,1-3H3,(H,23,27). The molecule has 6 heteroatoms. The molecule has 3 aromatic rings. The van der Waals surface area contributed by atoms with Crippen molar-refractivity contribution in [3.8, 4) is 5.69 Å². The van der Waals surface area contributed by atoms with Crippen LogP contribution in [0.25, 0.3) is 5.69 Å². The molecule has 0 bridgehead atoms. The molecule has 5 nitrogen and oxygen atoms in total. The summed E-state index contributed by atoms with van der Waals surface area (Å²) in [5, 5.41) is 7.25. The fourth-order valence-corrected chi connectivity index (χ4v) is 2.97. The van der Waals surface area contributed by atoms with E-state index in [0.717, 1.165) is 12.1 Å². The fraction of sp³-hybridized carbons (Fsp3) is 0.238. The van der Waals surface area contributed by atoms with E-state index in [1.54, 1.807) is 23.0 Å². The molecular formula is C21H23FN4O. The number of hydrogen-bond acceptors (Lipinski definition) is 3. The van der Waals surface area contributed by atoms with Gasteiger partial charge in [0.15, 0.2) is 0 Å². The second-order valence-corrected chi connectivity index (χ2v) is 6.72. The van der Waals surface area contributed by atoms with Gasteiger partial charge < -0.3 is 10.2 Å². The average molecular weight is 366 g/mol. The molecule has 0 atom stereocenters. The molecule has 1 amide bonds. The van der Waals surface area contributed by atoms with Crippen LogP contribution < -0.4 is 5.32 Å². The monoisotopic (exact) mass is 366 g/mol. The molecule has 0 fully saturated rings. The summed E-state index contributed by atoms with van der Waals surface area (Å²) in [6.45, 7) is 3.09. The summed E-state index contributed by atoms with van der Waals surface area (Å²) in [6.07, 6.45) is 1.54. The lowest BCUT2D eigenvalue weighted by Crippen LogP contribution is -2.24. The summed E-state index contributed by atoms with van der Waals surface area (Å²) in [7, 11) is 4.03. The van der Waals surface area contributed by atoms with E-state index in [2.05, 4.69) is 21.4 Å². The first-order valence-electron chi connectivity index (χ1n) is 8.76. The highest BCUT2D eigenvalue weighted by atomic mass is 19.1. The topological polar surface area (TPSA) is 50.2 Å². The van der Waals surface area contributed by atoms with E-state index in [9.17, 15) is 9.18 Å². The zero-order chi connectivity index (χ0) is 19.4. The second kappa shape index (κ2) is 8.14. The second-order valence-electron chi connectivity index (χ2n) is 6.72. The van der Waals surface area contributed by atoms with Crippen molar-refractivity contribution >= 4 is 5.91 Å². The summed E-state index contributed by atoms with van der Waals surface area (Å²) < 4.78 is 14.7. The zero-order valence-corrected chi connectivity index (χ0v) is 15.7. The molecule has 0 aliphatic heterocycles. The molecule has 0 saturated carbocycles. The first-order valence-corrected chi connectivity index (χ1v) is 8.76. The fourth-order valence-electron chi connectivity index (χ4n) is 2.97. The van der Waals surface area contributed by atoms with Crippen LogP contribution in [0.15, 0.2) is 54.7 Å². The SMILES string of the molecule is Cc1c(C(=O)NCc2ccccc2CN(C)C)cnn1-c1ccc(F)cc1. The predicted molar refractivity (Wildman–Crippen MR) is 103 cm³/mol. The number of nitrogens with one attached hydrogen (secondary N) is 1. The molecule has 0 radical (unpaired) electrons. The Kier molecular flexibility index (Phi) is 5.66. The van der Waals surface area contributed by atoms with Gasteiger partial charge in [-0.05, 0) is 56.4 Å². The summed E-state index contributed by atoms with van der Waals surface area (Å²) in [6, 6.07) is 14.1. The van der Waals surface area contributed by atoms with Crippen molar-refractivity contribution in [1.82, 2.24) is 20.0 Å². The molecule has 1 N–H and O–H groups in total. The van der Waals surface area contributed by atoms with Gasteiger partial charge in [0.25, 0.3) is 5.91 Å². The third-order valence-corrected chi connectivity index (χ3v) is 4.37. The van der Waals surface area contributed by atoms with Crippen LogP contribution in [0.5, 0.6) is 0 Å². The van der Waals surface area contributed by atoms with Crippen molar-refractivity contribution in [3.05, 3.63) is 82.9 Å². The summed E-state index contributed by atoms with van der Waals surface area (Å²) in [5.74, 6) is -0.488. The Morgan fingerprint density at radius 1 is 1.11 bits per heavy atom. The highest BCUT2D eigenvalue weighted by Gasteiger charge is 2.15. The lowest BCUT2D eigenvalue weighted by atomic mass is 10.1. The normalized spacial score (nSPS) is 11.0. The van der Waals surface area contributed by atoms with Gasteiger partial charge in [0.1, 0.15) is 5.82 Å². The third kappa shape index (κ3) is 4.41. The molecule has 0 unspecified atom stereocenters. The quantitative estimate of drug-likeness (QED) is 0.728. The first-order chi connectivity index (χ1) is 13.0. The van der Waals surface area contributed by atoms with Crippen LogP contribution in [0.3, 0.4) is 0 Å². The Balaban J connectivity index is 1.74. The number of rotatable bonds is 6. The number of nitrogens with zero attached hydrogens (tertiary/aromatic N) is 3. The number of aromatic nitrogens is 2. The molecule has 1 heterocycles.